The molecule has 20 heavy (non-hydrogen) atoms. The van der Waals surface area contributed by atoms with Crippen LogP contribution < -0.4 is 0 Å². The average molecular weight is 257 g/mol. The predicted molar refractivity (Wildman–Crippen MR) is 85.5 cm³/mol. The van der Waals surface area contributed by atoms with Crippen LogP contribution >= 0.6 is 0 Å². The quantitative estimate of drug-likeness (QED) is 0.676. The monoisotopic (exact) mass is 257 g/mol. The molecule has 0 atom stereocenters. The number of pyridine rings is 1. The van der Waals surface area contributed by atoms with Crippen molar-refractivity contribution in [1.29, 1.82) is 0 Å². The number of aromatic hydroxyl groups is 1. The zero-order valence-electron chi connectivity index (χ0n) is 11.0. The van der Waals surface area contributed by atoms with E-state index in [1.54, 1.807) is 12.1 Å². The molecule has 0 aliphatic heterocycles. The van der Waals surface area contributed by atoms with Crippen LogP contribution in [-0.4, -0.2) is 29.0 Å². The van der Waals surface area contributed by atoms with E-state index in [9.17, 15) is 5.11 Å². The van der Waals surface area contributed by atoms with E-state index in [4.69, 9.17) is 0 Å². The number of phenols is 1. The van der Waals surface area contributed by atoms with E-state index in [1.807, 2.05) is 18.3 Å². The molecule has 3 aromatic rings. The van der Waals surface area contributed by atoms with Crippen LogP contribution in [0.1, 0.15) is 11.1 Å². The summed E-state index contributed by atoms with van der Waals surface area (Å²) in [4.78, 5) is 4.36. The fourth-order valence-corrected chi connectivity index (χ4v) is 2.59. The Morgan fingerprint density at radius 2 is 1.65 bits per heavy atom. The SMILES string of the molecule is Cc1cccc(C)c1-c1ccnc2ccc(O)cc12.[LiH]. The van der Waals surface area contributed by atoms with E-state index in [2.05, 4.69) is 37.0 Å². The van der Waals surface area contributed by atoms with Crippen LogP contribution in [0, 0.1) is 13.8 Å². The predicted octanol–water partition coefficient (Wildman–Crippen LogP) is 3.58. The Hall–Kier alpha value is -1.75. The summed E-state index contributed by atoms with van der Waals surface area (Å²) in [5.41, 5.74) is 5.71. The Balaban J connectivity index is 0.00000147. The molecule has 1 aromatic heterocycles. The number of aromatic nitrogens is 1. The van der Waals surface area contributed by atoms with Gasteiger partial charge in [-0.3, -0.25) is 4.98 Å². The van der Waals surface area contributed by atoms with Gasteiger partial charge in [-0.05, 0) is 60.4 Å². The Labute approximate surface area is 130 Å². The van der Waals surface area contributed by atoms with E-state index < -0.39 is 0 Å². The van der Waals surface area contributed by atoms with Gasteiger partial charge < -0.3 is 5.11 Å². The fraction of sp³-hybridized carbons (Fsp3) is 0.118. The summed E-state index contributed by atoms with van der Waals surface area (Å²) in [5, 5.41) is 10.7. The van der Waals surface area contributed by atoms with Crippen molar-refractivity contribution >= 4 is 29.8 Å². The van der Waals surface area contributed by atoms with Gasteiger partial charge in [-0.15, -0.1) is 0 Å². The van der Waals surface area contributed by atoms with Gasteiger partial charge in [-0.1, -0.05) is 18.2 Å². The van der Waals surface area contributed by atoms with Crippen molar-refractivity contribution in [2.24, 2.45) is 0 Å². The van der Waals surface area contributed by atoms with Gasteiger partial charge in [0.2, 0.25) is 0 Å². The van der Waals surface area contributed by atoms with Gasteiger partial charge in [0.25, 0.3) is 0 Å². The van der Waals surface area contributed by atoms with E-state index in [0.717, 1.165) is 16.5 Å². The maximum atomic E-state index is 9.71. The third-order valence-corrected chi connectivity index (χ3v) is 3.48. The van der Waals surface area contributed by atoms with Crippen molar-refractivity contribution < 1.29 is 5.11 Å². The van der Waals surface area contributed by atoms with Crippen LogP contribution in [0.2, 0.25) is 0 Å². The normalized spacial score (nSPS) is 10.3. The molecule has 2 aromatic carbocycles. The molecule has 2 nitrogen and oxygen atoms in total. The van der Waals surface area contributed by atoms with Crippen molar-refractivity contribution in [3.63, 3.8) is 0 Å². The van der Waals surface area contributed by atoms with Crippen LogP contribution in [0.15, 0.2) is 48.7 Å². The number of rotatable bonds is 1. The molecule has 0 aliphatic rings. The molecular weight excluding hydrogens is 241 g/mol. The Kier molecular flexibility index (Phi) is 4.18. The summed E-state index contributed by atoms with van der Waals surface area (Å²) in [7, 11) is 0. The second-order valence-electron chi connectivity index (χ2n) is 4.83. The van der Waals surface area contributed by atoms with Crippen molar-refractivity contribution in [3.8, 4) is 16.9 Å². The first-order valence-corrected chi connectivity index (χ1v) is 6.31. The molecule has 0 bridgehead atoms. The van der Waals surface area contributed by atoms with Gasteiger partial charge in [0.05, 0.1) is 5.52 Å². The Bertz CT molecular complexity index is 748. The van der Waals surface area contributed by atoms with E-state index in [0.29, 0.717) is 0 Å². The minimum atomic E-state index is 0. The third-order valence-electron chi connectivity index (χ3n) is 3.48. The Morgan fingerprint density at radius 3 is 2.35 bits per heavy atom. The molecule has 0 amide bonds. The van der Waals surface area contributed by atoms with Gasteiger partial charge in [-0.25, -0.2) is 0 Å². The summed E-state index contributed by atoms with van der Waals surface area (Å²) < 4.78 is 0. The van der Waals surface area contributed by atoms with Crippen LogP contribution in [0.25, 0.3) is 22.0 Å². The van der Waals surface area contributed by atoms with Crippen LogP contribution in [-0.2, 0) is 0 Å². The summed E-state index contributed by atoms with van der Waals surface area (Å²) in [6, 6.07) is 13.6. The second-order valence-corrected chi connectivity index (χ2v) is 4.83. The van der Waals surface area contributed by atoms with Gasteiger partial charge >= 0.3 is 18.9 Å². The molecule has 0 saturated carbocycles. The topological polar surface area (TPSA) is 33.1 Å². The standard InChI is InChI=1S/C17H15NO.Li.H/c1-11-4-3-5-12(2)17(11)14-8-9-18-16-7-6-13(19)10-15(14)16;;/h3-10,19H,1-2H3;;. The molecule has 0 saturated heterocycles. The van der Waals surface area contributed by atoms with E-state index >= 15 is 0 Å². The van der Waals surface area contributed by atoms with Crippen LogP contribution in [0.5, 0.6) is 5.75 Å². The number of phenolic OH excluding ortho intramolecular Hbond substituents is 1. The summed E-state index contributed by atoms with van der Waals surface area (Å²) in [6.07, 6.45) is 1.82. The minimum absolute atomic E-state index is 0. The number of nitrogens with zero attached hydrogens (tertiary/aromatic N) is 1. The zero-order chi connectivity index (χ0) is 13.4. The molecule has 0 fully saturated rings. The van der Waals surface area contributed by atoms with Gasteiger partial charge in [0, 0.05) is 11.6 Å². The van der Waals surface area contributed by atoms with Crippen molar-refractivity contribution in [2.75, 3.05) is 0 Å². The number of benzene rings is 2. The molecule has 0 unspecified atom stereocenters. The first-order chi connectivity index (χ1) is 9.16. The van der Waals surface area contributed by atoms with Gasteiger partial charge in [0.15, 0.2) is 0 Å². The molecule has 3 heteroatoms. The van der Waals surface area contributed by atoms with Gasteiger partial charge in [0.1, 0.15) is 5.75 Å². The number of aryl methyl sites for hydroxylation is 2. The first-order valence-electron chi connectivity index (χ1n) is 6.31. The van der Waals surface area contributed by atoms with E-state index in [-0.39, 0.29) is 24.6 Å². The molecule has 1 N–H and O–H groups in total. The number of fused-ring (bicyclic) bond motifs is 1. The molecule has 0 radical (unpaired) electrons. The Morgan fingerprint density at radius 1 is 0.950 bits per heavy atom. The zero-order valence-corrected chi connectivity index (χ0v) is 11.0. The molecule has 0 aliphatic carbocycles. The molecule has 96 valence electrons. The van der Waals surface area contributed by atoms with Crippen molar-refractivity contribution in [3.05, 3.63) is 59.8 Å². The molecule has 0 spiro atoms. The summed E-state index contributed by atoms with van der Waals surface area (Å²) >= 11 is 0. The summed E-state index contributed by atoms with van der Waals surface area (Å²) in [6.45, 7) is 4.22. The van der Waals surface area contributed by atoms with Crippen LogP contribution in [0.4, 0.5) is 0 Å². The van der Waals surface area contributed by atoms with Crippen LogP contribution in [0.3, 0.4) is 0 Å². The number of hydrogen-bond donors (Lipinski definition) is 1. The molecular formula is C17H16LiNO. The van der Waals surface area contributed by atoms with Gasteiger partial charge in [-0.2, -0.15) is 0 Å². The second kappa shape index (κ2) is 5.71. The maximum absolute atomic E-state index is 9.71. The van der Waals surface area contributed by atoms with E-state index in [1.165, 1.54) is 16.7 Å². The van der Waals surface area contributed by atoms with Crippen molar-refractivity contribution in [1.82, 2.24) is 4.98 Å². The molecule has 1 heterocycles. The number of hydrogen-bond acceptors (Lipinski definition) is 2. The van der Waals surface area contributed by atoms with Crippen molar-refractivity contribution in [2.45, 2.75) is 13.8 Å². The average Bonchev–Trinajstić information content (AvgIpc) is 2.39. The molecule has 3 rings (SSSR count). The first kappa shape index (κ1) is 14.7. The summed E-state index contributed by atoms with van der Waals surface area (Å²) in [5.74, 6) is 0.271. The fourth-order valence-electron chi connectivity index (χ4n) is 2.59. The third kappa shape index (κ3) is 2.45.